The highest BCUT2D eigenvalue weighted by atomic mass is 127. The molecule has 1 fully saturated rings. The van der Waals surface area contributed by atoms with E-state index in [1.165, 1.54) is 0 Å². The largest absolute Gasteiger partial charge is 0.328 e. The highest BCUT2D eigenvalue weighted by molar-refractivity contribution is 14.1. The van der Waals surface area contributed by atoms with Crippen molar-refractivity contribution in [1.29, 1.82) is 0 Å². The highest BCUT2D eigenvalue weighted by Gasteiger charge is 2.43. The third-order valence-corrected chi connectivity index (χ3v) is 11.6. The third kappa shape index (κ3) is 2.28. The van der Waals surface area contributed by atoms with Gasteiger partial charge in [-0.3, -0.25) is 12.6 Å². The fourth-order valence-corrected chi connectivity index (χ4v) is 10.6. The van der Waals surface area contributed by atoms with Crippen LogP contribution in [0.15, 0.2) is 0 Å². The molecule has 84 valence electrons. The normalized spacial score (nSPS) is 49.1. The van der Waals surface area contributed by atoms with Crippen LogP contribution < -0.4 is 5.73 Å². The number of hydrogen-bond acceptors (Lipinski definition) is 4. The van der Waals surface area contributed by atoms with Gasteiger partial charge in [0.05, 0.1) is 32.4 Å². The molecule has 6 unspecified atom stereocenters. The molecule has 1 saturated heterocycles. The Kier molecular flexibility index (Phi) is 5.15. The van der Waals surface area contributed by atoms with Crippen molar-refractivity contribution >= 4 is 55.0 Å². The summed E-state index contributed by atoms with van der Waals surface area (Å²) in [6, 6.07) is 0. The Balaban J connectivity index is 3.00. The molecule has 0 aromatic carbocycles. The van der Waals surface area contributed by atoms with Gasteiger partial charge in [0, 0.05) is 11.0 Å². The average Bonchev–Trinajstić information content (AvgIpc) is 2.16. The maximum Gasteiger partial charge on any atom is 0.124 e. The molecule has 14 heavy (non-hydrogen) atoms. The number of halogens is 1. The quantitative estimate of drug-likeness (QED) is 0.533. The monoisotopic (exact) mass is 369 g/mol. The molecule has 0 spiro atoms. The van der Waals surface area contributed by atoms with Crippen molar-refractivity contribution < 1.29 is 12.6 Å². The summed E-state index contributed by atoms with van der Waals surface area (Å²) >= 11 is 2.05. The van der Waals surface area contributed by atoms with Crippen molar-refractivity contribution in [2.24, 2.45) is 5.73 Å². The Labute approximate surface area is 104 Å². The van der Waals surface area contributed by atoms with Gasteiger partial charge >= 0.3 is 0 Å². The molecule has 0 amide bonds. The Morgan fingerprint density at radius 3 is 2.07 bits per heavy atom. The van der Waals surface area contributed by atoms with Crippen molar-refractivity contribution in [3.8, 4) is 0 Å². The zero-order valence-corrected chi connectivity index (χ0v) is 12.2. The molecule has 4 nitrogen and oxygen atoms in total. The molecule has 0 aliphatic carbocycles. The average molecular weight is 369 g/mol. The van der Waals surface area contributed by atoms with Gasteiger partial charge in [-0.15, -0.1) is 0 Å². The zero-order valence-electron chi connectivity index (χ0n) is 7.55. The molecule has 0 aromatic heterocycles. The summed E-state index contributed by atoms with van der Waals surface area (Å²) in [5.74, 6) is 0. The molecule has 6 atom stereocenters. The third-order valence-electron chi connectivity index (χ3n) is 2.01. The minimum absolute atomic E-state index is 0.133. The van der Waals surface area contributed by atoms with Gasteiger partial charge in [-0.2, -0.15) is 0 Å². The van der Waals surface area contributed by atoms with Gasteiger partial charge in [0.15, 0.2) is 0 Å². The predicted octanol–water partition coefficient (Wildman–Crippen LogP) is -0.362. The van der Waals surface area contributed by atoms with Crippen molar-refractivity contribution in [2.75, 3.05) is 11.0 Å². The van der Waals surface area contributed by atoms with Gasteiger partial charge < -0.3 is 5.73 Å². The van der Waals surface area contributed by atoms with Crippen LogP contribution in [0.4, 0.5) is 0 Å². The lowest BCUT2D eigenvalue weighted by Crippen LogP contribution is -2.49. The topological polar surface area (TPSA) is 77.2 Å². The van der Waals surface area contributed by atoms with Crippen LogP contribution in [-0.2, 0) is 32.4 Å². The number of hydrogen-bond donors (Lipinski definition) is 1. The van der Waals surface area contributed by atoms with Gasteiger partial charge in [0.2, 0.25) is 0 Å². The van der Waals surface area contributed by atoms with Crippen LogP contribution in [0, 0.1) is 0 Å². The van der Waals surface area contributed by atoms with Crippen LogP contribution in [0.3, 0.4) is 0 Å². The van der Waals surface area contributed by atoms with Crippen molar-refractivity contribution in [3.05, 3.63) is 0 Å². The second kappa shape index (κ2) is 5.46. The maximum atomic E-state index is 11.8. The van der Waals surface area contributed by atoms with E-state index in [0.29, 0.717) is 4.43 Å². The van der Waals surface area contributed by atoms with Crippen molar-refractivity contribution in [3.63, 3.8) is 0 Å². The fraction of sp³-hybridized carbons (Fsp3) is 1.00. The first-order valence-electron chi connectivity index (χ1n) is 3.98. The maximum absolute atomic E-state index is 11.8. The number of rotatable bonds is 2. The van der Waals surface area contributed by atoms with Crippen LogP contribution in [-0.4, -0.2) is 37.3 Å². The molecule has 1 aliphatic heterocycles. The van der Waals surface area contributed by atoms with Gasteiger partial charge in [-0.25, -0.2) is 0 Å². The van der Waals surface area contributed by atoms with E-state index in [9.17, 15) is 12.6 Å². The summed E-state index contributed by atoms with van der Waals surface area (Å²) in [7, 11) is -3.93. The summed E-state index contributed by atoms with van der Waals surface area (Å²) in [5.41, 5.74) is 5.42. The molecule has 8 heteroatoms. The van der Waals surface area contributed by atoms with Crippen molar-refractivity contribution in [2.45, 2.75) is 20.7 Å². The molecule has 0 aromatic rings. The minimum Gasteiger partial charge on any atom is -0.328 e. The van der Waals surface area contributed by atoms with E-state index in [1.807, 2.05) is 0 Å². The summed E-state index contributed by atoms with van der Waals surface area (Å²) < 4.78 is 34.4. The van der Waals surface area contributed by atoms with Crippen molar-refractivity contribution in [1.82, 2.24) is 0 Å². The van der Waals surface area contributed by atoms with E-state index in [0.717, 1.165) is 0 Å². The minimum atomic E-state index is -1.33. The lowest BCUT2D eigenvalue weighted by Gasteiger charge is -2.29. The summed E-state index contributed by atoms with van der Waals surface area (Å²) in [6.45, 7) is 1.80. The molecular formula is C6H12INO3S3. The van der Waals surface area contributed by atoms with Crippen LogP contribution in [0.5, 0.6) is 0 Å². The molecular weight excluding hydrogens is 357 g/mol. The number of alkyl halides is 1. The van der Waals surface area contributed by atoms with Crippen LogP contribution >= 0.6 is 22.6 Å². The SMILES string of the molecule is CC1S(=O)C(CN)S(=O)C(CI)S1=O. The van der Waals surface area contributed by atoms with Gasteiger partial charge in [0.25, 0.3) is 0 Å². The molecule has 0 bridgehead atoms. The molecule has 0 radical (unpaired) electrons. The van der Waals surface area contributed by atoms with Gasteiger partial charge in [0.1, 0.15) is 13.7 Å². The Morgan fingerprint density at radius 1 is 1.14 bits per heavy atom. The standard InChI is InChI=1S/C6H12INO3S3/c1-4-12(9)5(2-7)14(11)6(3-8)13(4)10/h4-6H,2-3,8H2,1H3. The van der Waals surface area contributed by atoms with Crippen LogP contribution in [0.25, 0.3) is 0 Å². The molecule has 1 rings (SSSR count). The van der Waals surface area contributed by atoms with E-state index >= 15 is 0 Å². The van der Waals surface area contributed by atoms with E-state index < -0.39 is 41.6 Å². The molecule has 0 saturated carbocycles. The summed E-state index contributed by atoms with van der Waals surface area (Å²) in [4.78, 5) is 0. The van der Waals surface area contributed by atoms with E-state index in [4.69, 9.17) is 5.73 Å². The molecule has 1 aliphatic rings. The lowest BCUT2D eigenvalue weighted by atomic mass is 10.8. The predicted molar refractivity (Wildman–Crippen MR) is 69.4 cm³/mol. The zero-order chi connectivity index (χ0) is 10.9. The summed E-state index contributed by atoms with van der Waals surface area (Å²) in [5, 5.41) is 0. The van der Waals surface area contributed by atoms with E-state index in [2.05, 4.69) is 22.6 Å². The highest BCUT2D eigenvalue weighted by Crippen LogP contribution is 2.26. The molecule has 2 N–H and O–H groups in total. The second-order valence-electron chi connectivity index (χ2n) is 2.80. The fourth-order valence-electron chi connectivity index (χ4n) is 1.19. The first-order valence-corrected chi connectivity index (χ1v) is 9.34. The Hall–Kier alpha value is 1.14. The lowest BCUT2D eigenvalue weighted by molar-refractivity contribution is 0.656. The number of nitrogens with two attached hydrogens (primary N) is 1. The Bertz CT molecular complexity index is 272. The first-order chi connectivity index (χ1) is 6.54. The van der Waals surface area contributed by atoms with Gasteiger partial charge in [-0.1, -0.05) is 22.6 Å². The van der Waals surface area contributed by atoms with Gasteiger partial charge in [-0.05, 0) is 6.92 Å². The first kappa shape index (κ1) is 13.2. The Morgan fingerprint density at radius 2 is 1.64 bits per heavy atom. The smallest absolute Gasteiger partial charge is 0.124 e. The van der Waals surface area contributed by atoms with E-state index in [1.54, 1.807) is 6.92 Å². The summed E-state index contributed by atoms with van der Waals surface area (Å²) in [6.07, 6.45) is 0. The van der Waals surface area contributed by atoms with E-state index in [-0.39, 0.29) is 11.1 Å². The van der Waals surface area contributed by atoms with Crippen LogP contribution in [0.2, 0.25) is 0 Å². The second-order valence-corrected chi connectivity index (χ2v) is 10.2. The van der Waals surface area contributed by atoms with Crippen LogP contribution in [0.1, 0.15) is 6.92 Å². The molecule has 1 heterocycles.